The molecule has 2 heterocycles. The number of fused-ring (bicyclic) bond motifs is 1. The first-order valence-corrected chi connectivity index (χ1v) is 8.89. The zero-order chi connectivity index (χ0) is 14.5. The Labute approximate surface area is 132 Å². The van der Waals surface area contributed by atoms with Crippen LogP contribution in [-0.4, -0.2) is 16.5 Å². The van der Waals surface area contributed by atoms with E-state index in [0.29, 0.717) is 0 Å². The van der Waals surface area contributed by atoms with Crippen molar-refractivity contribution in [3.63, 3.8) is 0 Å². The first-order chi connectivity index (χ1) is 10.4. The van der Waals surface area contributed by atoms with Gasteiger partial charge in [-0.3, -0.25) is 0 Å². The predicted molar refractivity (Wildman–Crippen MR) is 92.2 cm³/mol. The van der Waals surface area contributed by atoms with E-state index < -0.39 is 0 Å². The highest BCUT2D eigenvalue weighted by Crippen LogP contribution is 2.31. The van der Waals surface area contributed by atoms with Gasteiger partial charge >= 0.3 is 0 Å². The molecule has 108 valence electrons. The summed E-state index contributed by atoms with van der Waals surface area (Å²) in [6, 6.07) is 12.6. The van der Waals surface area contributed by atoms with Crippen molar-refractivity contribution in [3.05, 3.63) is 47.3 Å². The highest BCUT2D eigenvalue weighted by molar-refractivity contribution is 7.98. The fraction of sp³-hybridized carbons (Fsp3) is 0.250. The molecule has 0 saturated carbocycles. The summed E-state index contributed by atoms with van der Waals surface area (Å²) in [5, 5.41) is 7.58. The normalized spacial score (nSPS) is 10.9. The van der Waals surface area contributed by atoms with Crippen LogP contribution < -0.4 is 5.32 Å². The van der Waals surface area contributed by atoms with Gasteiger partial charge in [-0.25, -0.2) is 9.97 Å². The average Bonchev–Trinajstić information content (AvgIpc) is 3.00. The van der Waals surface area contributed by atoms with Crippen molar-refractivity contribution >= 4 is 39.3 Å². The highest BCUT2D eigenvalue weighted by Gasteiger charge is 2.09. The molecule has 1 N–H and O–H groups in total. The van der Waals surface area contributed by atoms with Crippen molar-refractivity contribution in [1.29, 1.82) is 0 Å². The van der Waals surface area contributed by atoms with Crippen LogP contribution in [-0.2, 0) is 5.75 Å². The summed E-state index contributed by atoms with van der Waals surface area (Å²) < 4.78 is 0. The van der Waals surface area contributed by atoms with Crippen LogP contribution in [0.4, 0.5) is 5.95 Å². The van der Waals surface area contributed by atoms with E-state index in [1.807, 2.05) is 6.07 Å². The van der Waals surface area contributed by atoms with E-state index in [9.17, 15) is 0 Å². The molecule has 0 saturated heterocycles. The number of hydrogen-bond acceptors (Lipinski definition) is 5. The standard InChI is InChI=1S/C16H17N3S2/c1-2-9-17-16-18-14-13(8-10-20-14)15(19-16)21-11-12-6-4-3-5-7-12/h3-8,10H,2,9,11H2,1H3,(H,17,18,19). The molecule has 0 fully saturated rings. The van der Waals surface area contributed by atoms with Crippen LogP contribution in [0, 0.1) is 0 Å². The van der Waals surface area contributed by atoms with Gasteiger partial charge in [0.15, 0.2) is 0 Å². The molecular weight excluding hydrogens is 298 g/mol. The van der Waals surface area contributed by atoms with Crippen molar-refractivity contribution in [2.75, 3.05) is 11.9 Å². The second-order valence-corrected chi connectivity index (χ2v) is 6.55. The lowest BCUT2D eigenvalue weighted by molar-refractivity contribution is 0.947. The van der Waals surface area contributed by atoms with Gasteiger partial charge in [0.05, 0.1) is 0 Å². The Kier molecular flexibility index (Phi) is 4.72. The van der Waals surface area contributed by atoms with Gasteiger partial charge < -0.3 is 5.32 Å². The number of aromatic nitrogens is 2. The first kappa shape index (κ1) is 14.4. The van der Waals surface area contributed by atoms with Crippen LogP contribution in [0.1, 0.15) is 18.9 Å². The van der Waals surface area contributed by atoms with Gasteiger partial charge in [0.1, 0.15) is 9.86 Å². The van der Waals surface area contributed by atoms with Crippen molar-refractivity contribution < 1.29 is 0 Å². The van der Waals surface area contributed by atoms with Gasteiger partial charge in [-0.2, -0.15) is 0 Å². The number of anilines is 1. The van der Waals surface area contributed by atoms with Crippen LogP contribution in [0.15, 0.2) is 46.8 Å². The van der Waals surface area contributed by atoms with Gasteiger partial charge in [0.25, 0.3) is 0 Å². The van der Waals surface area contributed by atoms with Gasteiger partial charge in [0.2, 0.25) is 5.95 Å². The fourth-order valence-corrected chi connectivity index (χ4v) is 3.78. The maximum Gasteiger partial charge on any atom is 0.225 e. The van der Waals surface area contributed by atoms with Crippen molar-refractivity contribution in [2.24, 2.45) is 0 Å². The lowest BCUT2D eigenvalue weighted by Crippen LogP contribution is -2.04. The van der Waals surface area contributed by atoms with Crippen molar-refractivity contribution in [2.45, 2.75) is 24.1 Å². The largest absolute Gasteiger partial charge is 0.354 e. The Balaban J connectivity index is 1.83. The summed E-state index contributed by atoms with van der Waals surface area (Å²) in [4.78, 5) is 10.3. The van der Waals surface area contributed by atoms with Crippen molar-refractivity contribution in [3.8, 4) is 0 Å². The number of benzene rings is 1. The Bertz CT molecular complexity index is 710. The molecule has 0 aliphatic heterocycles. The molecule has 0 unspecified atom stereocenters. The van der Waals surface area contributed by atoms with Crippen LogP contribution in [0.2, 0.25) is 0 Å². The zero-order valence-electron chi connectivity index (χ0n) is 11.9. The molecule has 1 aromatic carbocycles. The summed E-state index contributed by atoms with van der Waals surface area (Å²) in [7, 11) is 0. The SMILES string of the molecule is CCCNc1nc(SCc2ccccc2)c2ccsc2n1. The Morgan fingerprint density at radius 1 is 1.14 bits per heavy atom. The molecule has 3 aromatic rings. The molecule has 21 heavy (non-hydrogen) atoms. The summed E-state index contributed by atoms with van der Waals surface area (Å²) >= 11 is 3.44. The fourth-order valence-electron chi connectivity index (χ4n) is 1.98. The number of nitrogens with zero attached hydrogens (tertiary/aromatic N) is 2. The molecule has 0 spiro atoms. The number of hydrogen-bond donors (Lipinski definition) is 1. The van der Waals surface area contributed by atoms with E-state index in [-0.39, 0.29) is 0 Å². The molecule has 0 radical (unpaired) electrons. The van der Waals surface area contributed by atoms with E-state index in [1.54, 1.807) is 23.1 Å². The maximum atomic E-state index is 4.67. The predicted octanol–water partition coefficient (Wildman–Crippen LogP) is 4.81. The molecule has 3 rings (SSSR count). The minimum Gasteiger partial charge on any atom is -0.354 e. The maximum absolute atomic E-state index is 4.67. The lowest BCUT2D eigenvalue weighted by Gasteiger charge is -2.07. The monoisotopic (exact) mass is 315 g/mol. The molecule has 0 atom stereocenters. The van der Waals surface area contributed by atoms with Gasteiger partial charge in [0, 0.05) is 17.7 Å². The topological polar surface area (TPSA) is 37.8 Å². The summed E-state index contributed by atoms with van der Waals surface area (Å²) in [6.45, 7) is 3.04. The number of rotatable bonds is 6. The number of thiophene rings is 1. The van der Waals surface area contributed by atoms with E-state index in [0.717, 1.165) is 39.9 Å². The third kappa shape index (κ3) is 3.54. The van der Waals surface area contributed by atoms with Gasteiger partial charge in [-0.05, 0) is 23.4 Å². The number of thioether (sulfide) groups is 1. The smallest absolute Gasteiger partial charge is 0.225 e. The van der Waals surface area contributed by atoms with E-state index in [2.05, 4.69) is 57.9 Å². The third-order valence-electron chi connectivity index (χ3n) is 3.04. The second-order valence-electron chi connectivity index (χ2n) is 4.69. The minimum absolute atomic E-state index is 0.738. The summed E-state index contributed by atoms with van der Waals surface area (Å²) in [5.41, 5.74) is 1.31. The Hall–Kier alpha value is -1.59. The average molecular weight is 315 g/mol. The van der Waals surface area contributed by atoms with Crippen LogP contribution >= 0.6 is 23.1 Å². The molecule has 0 aliphatic carbocycles. The second kappa shape index (κ2) is 6.91. The molecule has 2 aromatic heterocycles. The van der Waals surface area contributed by atoms with Crippen LogP contribution in [0.5, 0.6) is 0 Å². The summed E-state index contributed by atoms with van der Waals surface area (Å²) in [5.74, 6) is 1.66. The van der Waals surface area contributed by atoms with E-state index in [1.165, 1.54) is 5.56 Å². The first-order valence-electron chi connectivity index (χ1n) is 7.02. The molecule has 0 bridgehead atoms. The molecule has 5 heteroatoms. The van der Waals surface area contributed by atoms with Crippen LogP contribution in [0.25, 0.3) is 10.2 Å². The Morgan fingerprint density at radius 3 is 2.81 bits per heavy atom. The molecule has 0 aliphatic rings. The third-order valence-corrected chi connectivity index (χ3v) is 4.91. The quantitative estimate of drug-likeness (QED) is 0.523. The highest BCUT2D eigenvalue weighted by atomic mass is 32.2. The molecule has 0 amide bonds. The summed E-state index contributed by atoms with van der Waals surface area (Å²) in [6.07, 6.45) is 1.07. The van der Waals surface area contributed by atoms with Crippen LogP contribution in [0.3, 0.4) is 0 Å². The zero-order valence-corrected chi connectivity index (χ0v) is 13.5. The van der Waals surface area contributed by atoms with Gasteiger partial charge in [-0.1, -0.05) is 37.3 Å². The Morgan fingerprint density at radius 2 is 2.00 bits per heavy atom. The molecular formula is C16H17N3S2. The van der Waals surface area contributed by atoms with E-state index in [4.69, 9.17) is 0 Å². The molecule has 3 nitrogen and oxygen atoms in total. The lowest BCUT2D eigenvalue weighted by atomic mass is 10.2. The number of nitrogens with one attached hydrogen (secondary N) is 1. The van der Waals surface area contributed by atoms with E-state index >= 15 is 0 Å². The minimum atomic E-state index is 0.738. The van der Waals surface area contributed by atoms with Crippen molar-refractivity contribution in [1.82, 2.24) is 9.97 Å². The van der Waals surface area contributed by atoms with Gasteiger partial charge in [-0.15, -0.1) is 23.1 Å².